The molecule has 2 N–H and O–H groups in total. The van der Waals surface area contributed by atoms with Gasteiger partial charge in [0.1, 0.15) is 17.4 Å². The van der Waals surface area contributed by atoms with Crippen molar-refractivity contribution in [3.8, 4) is 0 Å². The summed E-state index contributed by atoms with van der Waals surface area (Å²) < 4.78 is 1.77. The van der Waals surface area contributed by atoms with Gasteiger partial charge in [-0.25, -0.2) is 4.68 Å². The SMILES string of the molecule is Cc1cccc(NC(=O)c2cnn3c2NC2=C(C(=O)CC(C)(C)C2)[C@H]3c2ccccc2)c1. The van der Waals surface area contributed by atoms with E-state index >= 15 is 0 Å². The second-order valence-corrected chi connectivity index (χ2v) is 9.45. The molecular weight excluding hydrogens is 400 g/mol. The van der Waals surface area contributed by atoms with E-state index in [2.05, 4.69) is 29.6 Å². The Balaban J connectivity index is 1.59. The van der Waals surface area contributed by atoms with Crippen molar-refractivity contribution in [2.75, 3.05) is 10.6 Å². The minimum Gasteiger partial charge on any atom is -0.343 e. The smallest absolute Gasteiger partial charge is 0.261 e. The van der Waals surface area contributed by atoms with Crippen LogP contribution in [0.25, 0.3) is 0 Å². The summed E-state index contributed by atoms with van der Waals surface area (Å²) in [6, 6.07) is 17.2. The Hall–Kier alpha value is -3.67. The molecule has 3 aromatic rings. The van der Waals surface area contributed by atoms with Crippen LogP contribution in [0.15, 0.2) is 72.1 Å². The van der Waals surface area contributed by atoms with E-state index in [4.69, 9.17) is 0 Å². The van der Waals surface area contributed by atoms with Crippen LogP contribution in [0.5, 0.6) is 0 Å². The van der Waals surface area contributed by atoms with E-state index in [1.165, 1.54) is 0 Å². The van der Waals surface area contributed by atoms with Crippen LogP contribution < -0.4 is 10.6 Å². The predicted molar refractivity (Wildman–Crippen MR) is 125 cm³/mol. The molecule has 6 nitrogen and oxygen atoms in total. The van der Waals surface area contributed by atoms with Gasteiger partial charge in [-0.2, -0.15) is 5.10 Å². The number of anilines is 2. The molecule has 162 valence electrons. The number of carbonyl (C=O) groups excluding carboxylic acids is 2. The fourth-order valence-corrected chi connectivity index (χ4v) is 4.74. The molecule has 32 heavy (non-hydrogen) atoms. The average molecular weight is 427 g/mol. The Morgan fingerprint density at radius 1 is 1.12 bits per heavy atom. The van der Waals surface area contributed by atoms with Crippen molar-refractivity contribution in [3.05, 3.63) is 88.8 Å². The van der Waals surface area contributed by atoms with Crippen molar-refractivity contribution in [1.82, 2.24) is 9.78 Å². The maximum Gasteiger partial charge on any atom is 0.261 e. The lowest BCUT2D eigenvalue weighted by atomic mass is 9.73. The predicted octanol–water partition coefficient (Wildman–Crippen LogP) is 5.10. The second-order valence-electron chi connectivity index (χ2n) is 9.45. The number of carbonyl (C=O) groups is 2. The number of aryl methyl sites for hydroxylation is 1. The highest BCUT2D eigenvalue weighted by molar-refractivity contribution is 6.08. The van der Waals surface area contributed by atoms with Crippen LogP contribution >= 0.6 is 0 Å². The molecule has 6 heteroatoms. The first kappa shape index (κ1) is 20.2. The van der Waals surface area contributed by atoms with Crippen LogP contribution in [0.4, 0.5) is 11.5 Å². The summed E-state index contributed by atoms with van der Waals surface area (Å²) in [6.45, 7) is 6.19. The fourth-order valence-electron chi connectivity index (χ4n) is 4.74. The maximum absolute atomic E-state index is 13.2. The van der Waals surface area contributed by atoms with E-state index in [9.17, 15) is 9.59 Å². The zero-order chi connectivity index (χ0) is 22.5. The number of hydrogen-bond acceptors (Lipinski definition) is 4. The molecule has 1 aromatic heterocycles. The normalized spacial score (nSPS) is 19.1. The zero-order valence-corrected chi connectivity index (χ0v) is 18.5. The summed E-state index contributed by atoms with van der Waals surface area (Å²) in [5.74, 6) is 0.513. The lowest BCUT2D eigenvalue weighted by molar-refractivity contribution is -0.118. The van der Waals surface area contributed by atoms with Gasteiger partial charge >= 0.3 is 0 Å². The van der Waals surface area contributed by atoms with Crippen LogP contribution in [0.1, 0.15) is 54.2 Å². The Labute approximate surface area is 187 Å². The summed E-state index contributed by atoms with van der Waals surface area (Å²) in [5, 5.41) is 10.9. The monoisotopic (exact) mass is 426 g/mol. The summed E-state index contributed by atoms with van der Waals surface area (Å²) >= 11 is 0. The van der Waals surface area contributed by atoms with E-state index in [0.29, 0.717) is 17.8 Å². The molecule has 2 heterocycles. The van der Waals surface area contributed by atoms with Gasteiger partial charge in [0.05, 0.1) is 6.20 Å². The molecule has 0 radical (unpaired) electrons. The molecule has 1 aliphatic heterocycles. The van der Waals surface area contributed by atoms with Crippen LogP contribution in [0.2, 0.25) is 0 Å². The molecule has 0 saturated heterocycles. The lowest BCUT2D eigenvalue weighted by Gasteiger charge is -2.39. The van der Waals surface area contributed by atoms with E-state index in [0.717, 1.165) is 34.5 Å². The van der Waals surface area contributed by atoms with Crippen molar-refractivity contribution in [2.45, 2.75) is 39.7 Å². The third-order valence-corrected chi connectivity index (χ3v) is 6.14. The molecule has 1 aliphatic carbocycles. The third-order valence-electron chi connectivity index (χ3n) is 6.14. The Morgan fingerprint density at radius 2 is 1.91 bits per heavy atom. The molecule has 0 unspecified atom stereocenters. The van der Waals surface area contributed by atoms with Gasteiger partial charge < -0.3 is 10.6 Å². The number of benzene rings is 2. The van der Waals surface area contributed by atoms with Crippen molar-refractivity contribution >= 4 is 23.2 Å². The number of rotatable bonds is 3. The summed E-state index contributed by atoms with van der Waals surface area (Å²) in [6.07, 6.45) is 2.81. The Bertz CT molecular complexity index is 1250. The molecule has 2 aliphatic rings. The second kappa shape index (κ2) is 7.48. The van der Waals surface area contributed by atoms with Crippen molar-refractivity contribution in [3.63, 3.8) is 0 Å². The van der Waals surface area contributed by atoms with Gasteiger partial charge in [0.15, 0.2) is 5.78 Å². The van der Waals surface area contributed by atoms with Crippen LogP contribution in [0, 0.1) is 12.3 Å². The molecular formula is C26H26N4O2. The Kier molecular flexibility index (Phi) is 4.73. The van der Waals surface area contributed by atoms with Crippen molar-refractivity contribution < 1.29 is 9.59 Å². The van der Waals surface area contributed by atoms with Gasteiger partial charge in [0, 0.05) is 23.4 Å². The van der Waals surface area contributed by atoms with E-state index in [1.807, 2.05) is 61.5 Å². The maximum atomic E-state index is 13.2. The number of nitrogens with zero attached hydrogens (tertiary/aromatic N) is 2. The van der Waals surface area contributed by atoms with E-state index in [-0.39, 0.29) is 23.1 Å². The van der Waals surface area contributed by atoms with E-state index < -0.39 is 0 Å². The first-order chi connectivity index (χ1) is 15.3. The highest BCUT2D eigenvalue weighted by Crippen LogP contribution is 2.46. The minimum absolute atomic E-state index is 0.129. The number of hydrogen-bond donors (Lipinski definition) is 2. The molecule has 2 aromatic carbocycles. The summed E-state index contributed by atoms with van der Waals surface area (Å²) in [5.41, 5.74) is 4.73. The van der Waals surface area contributed by atoms with Crippen LogP contribution in [-0.2, 0) is 4.79 Å². The standard InChI is InChI=1S/C26H26N4O2/c1-16-8-7-11-18(12-16)28-25(32)19-15-27-30-23(17-9-5-4-6-10-17)22-20(29-24(19)30)13-26(2,3)14-21(22)31/h4-12,15,23,29H,13-14H2,1-3H3,(H,28,32)/t23-/m1/s1. The number of Topliss-reactive ketones (excluding diaryl/α,β-unsaturated/α-hetero) is 1. The number of amides is 1. The zero-order valence-electron chi connectivity index (χ0n) is 18.5. The summed E-state index contributed by atoms with van der Waals surface area (Å²) in [4.78, 5) is 26.4. The molecule has 0 spiro atoms. The average Bonchev–Trinajstić information content (AvgIpc) is 3.15. The number of fused-ring (bicyclic) bond motifs is 1. The topological polar surface area (TPSA) is 76.0 Å². The number of aromatic nitrogens is 2. The van der Waals surface area contributed by atoms with Gasteiger partial charge in [-0.15, -0.1) is 0 Å². The van der Waals surface area contributed by atoms with Crippen LogP contribution in [0.3, 0.4) is 0 Å². The van der Waals surface area contributed by atoms with Gasteiger partial charge in [-0.05, 0) is 42.0 Å². The molecule has 1 atom stereocenters. The third kappa shape index (κ3) is 3.51. The largest absolute Gasteiger partial charge is 0.343 e. The highest BCUT2D eigenvalue weighted by Gasteiger charge is 2.42. The number of nitrogens with one attached hydrogen (secondary N) is 2. The molecule has 1 amide bonds. The van der Waals surface area contributed by atoms with Gasteiger partial charge in [-0.3, -0.25) is 9.59 Å². The quantitative estimate of drug-likeness (QED) is 0.611. The van der Waals surface area contributed by atoms with Crippen molar-refractivity contribution in [2.24, 2.45) is 5.41 Å². The highest BCUT2D eigenvalue weighted by atomic mass is 16.1. The van der Waals surface area contributed by atoms with Crippen LogP contribution in [-0.4, -0.2) is 21.5 Å². The van der Waals surface area contributed by atoms with E-state index in [1.54, 1.807) is 10.9 Å². The molecule has 0 bridgehead atoms. The van der Waals surface area contributed by atoms with Gasteiger partial charge in [0.25, 0.3) is 5.91 Å². The first-order valence-corrected chi connectivity index (χ1v) is 10.9. The number of ketones is 1. The number of allylic oxidation sites excluding steroid dienone is 2. The molecule has 0 saturated carbocycles. The lowest BCUT2D eigenvalue weighted by Crippen LogP contribution is -2.36. The minimum atomic E-state index is -0.355. The summed E-state index contributed by atoms with van der Waals surface area (Å²) in [7, 11) is 0. The molecule has 0 fully saturated rings. The van der Waals surface area contributed by atoms with Crippen molar-refractivity contribution in [1.29, 1.82) is 0 Å². The van der Waals surface area contributed by atoms with Gasteiger partial charge in [0.2, 0.25) is 0 Å². The molecule has 5 rings (SSSR count). The van der Waals surface area contributed by atoms with Gasteiger partial charge in [-0.1, -0.05) is 56.3 Å². The fraction of sp³-hybridized carbons (Fsp3) is 0.269. The Morgan fingerprint density at radius 3 is 2.66 bits per heavy atom. The first-order valence-electron chi connectivity index (χ1n) is 10.9.